The summed E-state index contributed by atoms with van der Waals surface area (Å²) < 4.78 is 10.9. The minimum Gasteiger partial charge on any atom is -0.504 e. The van der Waals surface area contributed by atoms with Crippen molar-refractivity contribution in [3.63, 3.8) is 0 Å². The van der Waals surface area contributed by atoms with E-state index in [2.05, 4.69) is 34.3 Å². The molecule has 6 nitrogen and oxygen atoms in total. The molecule has 4 aromatic rings. The van der Waals surface area contributed by atoms with Gasteiger partial charge in [-0.3, -0.25) is 9.98 Å². The normalized spacial score (nSPS) is 11.3. The van der Waals surface area contributed by atoms with Gasteiger partial charge in [0.15, 0.2) is 23.0 Å². The molecular weight excluding hydrogens is 464 g/mol. The van der Waals surface area contributed by atoms with Crippen LogP contribution in [0.5, 0.6) is 23.0 Å². The van der Waals surface area contributed by atoms with E-state index in [1.807, 2.05) is 38.1 Å². The third-order valence-electron chi connectivity index (χ3n) is 5.57. The van der Waals surface area contributed by atoms with E-state index in [0.29, 0.717) is 24.7 Å². The van der Waals surface area contributed by atoms with Crippen molar-refractivity contribution in [2.45, 2.75) is 20.3 Å². The molecule has 0 spiro atoms. The lowest BCUT2D eigenvalue weighted by atomic mass is 10.0. The van der Waals surface area contributed by atoms with Crippen LogP contribution in [0.2, 0.25) is 0 Å². The summed E-state index contributed by atoms with van der Waals surface area (Å²) in [7, 11) is 0. The van der Waals surface area contributed by atoms with Crippen molar-refractivity contribution in [1.82, 2.24) is 0 Å². The Labute approximate surface area is 217 Å². The molecule has 0 bridgehead atoms. The van der Waals surface area contributed by atoms with E-state index in [1.165, 1.54) is 11.1 Å². The fourth-order valence-electron chi connectivity index (χ4n) is 3.70. The molecule has 0 aliphatic rings. The van der Waals surface area contributed by atoms with Gasteiger partial charge in [0.1, 0.15) is 0 Å². The molecule has 188 valence electrons. The Morgan fingerprint density at radius 1 is 0.595 bits per heavy atom. The zero-order valence-electron chi connectivity index (χ0n) is 21.0. The Hall–Kier alpha value is -4.58. The molecule has 0 amide bonds. The predicted molar refractivity (Wildman–Crippen MR) is 149 cm³/mol. The first-order chi connectivity index (χ1) is 18.0. The second-order valence-corrected chi connectivity index (χ2v) is 8.35. The summed E-state index contributed by atoms with van der Waals surface area (Å²) in [5.41, 5.74) is 5.78. The largest absolute Gasteiger partial charge is 0.504 e. The van der Waals surface area contributed by atoms with E-state index in [1.54, 1.807) is 48.8 Å². The van der Waals surface area contributed by atoms with Crippen molar-refractivity contribution in [2.75, 3.05) is 13.2 Å². The number of hydrogen-bond donors (Lipinski definition) is 2. The van der Waals surface area contributed by atoms with Crippen molar-refractivity contribution in [3.8, 4) is 23.0 Å². The van der Waals surface area contributed by atoms with Crippen molar-refractivity contribution in [1.29, 1.82) is 0 Å². The van der Waals surface area contributed by atoms with E-state index in [4.69, 9.17) is 9.47 Å². The Balaban J connectivity index is 1.35. The molecule has 0 aromatic heterocycles. The molecule has 0 fully saturated rings. The van der Waals surface area contributed by atoms with Gasteiger partial charge in [0.25, 0.3) is 0 Å². The molecule has 0 heterocycles. The van der Waals surface area contributed by atoms with Crippen molar-refractivity contribution >= 4 is 23.8 Å². The number of aliphatic imine (C=N–C) groups is 2. The van der Waals surface area contributed by atoms with Gasteiger partial charge in [-0.05, 0) is 103 Å². The van der Waals surface area contributed by atoms with Crippen molar-refractivity contribution < 1.29 is 19.7 Å². The molecule has 0 aliphatic heterocycles. The quantitative estimate of drug-likeness (QED) is 0.233. The van der Waals surface area contributed by atoms with Crippen LogP contribution in [-0.2, 0) is 6.42 Å². The number of ether oxygens (including phenoxy) is 2. The average molecular weight is 495 g/mol. The lowest BCUT2D eigenvalue weighted by molar-refractivity contribution is 0.318. The number of rotatable bonds is 10. The van der Waals surface area contributed by atoms with E-state index < -0.39 is 0 Å². The van der Waals surface area contributed by atoms with Crippen molar-refractivity contribution in [2.24, 2.45) is 9.98 Å². The summed E-state index contributed by atoms with van der Waals surface area (Å²) in [5.74, 6) is 1.15. The molecule has 6 heteroatoms. The Morgan fingerprint density at radius 2 is 1.00 bits per heavy atom. The van der Waals surface area contributed by atoms with E-state index >= 15 is 0 Å². The predicted octanol–water partition coefficient (Wildman–Crippen LogP) is 6.99. The molecule has 2 N–H and O–H groups in total. The number of benzene rings is 4. The standard InChI is InChI=1S/C31H30N2O4/c1-3-36-30-18-24(9-15-28(30)34)20-32-26-11-5-22(6-12-26)17-23-7-13-27(14-8-23)33-21-25-10-16-29(35)31(19-25)37-4-2/h5-16,18-21,34-35H,3-4,17H2,1-2H3. The molecule has 0 unspecified atom stereocenters. The van der Waals surface area contributed by atoms with Crippen molar-refractivity contribution in [3.05, 3.63) is 107 Å². The lowest BCUT2D eigenvalue weighted by Crippen LogP contribution is -1.93. The average Bonchev–Trinajstić information content (AvgIpc) is 2.91. The van der Waals surface area contributed by atoms with E-state index in [9.17, 15) is 10.2 Å². The summed E-state index contributed by atoms with van der Waals surface area (Å²) in [4.78, 5) is 9.07. The maximum absolute atomic E-state index is 9.84. The van der Waals surface area contributed by atoms with Crippen LogP contribution >= 0.6 is 0 Å². The summed E-state index contributed by atoms with van der Waals surface area (Å²) in [6, 6.07) is 26.6. The van der Waals surface area contributed by atoms with Crippen LogP contribution in [0, 0.1) is 0 Å². The van der Waals surface area contributed by atoms with Crippen LogP contribution in [0.4, 0.5) is 11.4 Å². The maximum Gasteiger partial charge on any atom is 0.161 e. The minimum atomic E-state index is 0.122. The zero-order chi connectivity index (χ0) is 26.0. The van der Waals surface area contributed by atoms with Crippen LogP contribution < -0.4 is 9.47 Å². The van der Waals surface area contributed by atoms with Gasteiger partial charge in [-0.15, -0.1) is 0 Å². The number of nitrogens with zero attached hydrogens (tertiary/aromatic N) is 2. The summed E-state index contributed by atoms with van der Waals surface area (Å²) >= 11 is 0. The molecule has 4 aromatic carbocycles. The highest BCUT2D eigenvalue weighted by Gasteiger charge is 2.04. The van der Waals surface area contributed by atoms with Crippen LogP contribution in [-0.4, -0.2) is 35.9 Å². The van der Waals surface area contributed by atoms with Crippen LogP contribution in [0.1, 0.15) is 36.1 Å². The van der Waals surface area contributed by atoms with Gasteiger partial charge in [0.2, 0.25) is 0 Å². The Kier molecular flexibility index (Phi) is 8.55. The highest BCUT2D eigenvalue weighted by Crippen LogP contribution is 2.27. The summed E-state index contributed by atoms with van der Waals surface area (Å²) in [6.07, 6.45) is 4.32. The molecular formula is C31H30N2O4. The van der Waals surface area contributed by atoms with Crippen LogP contribution in [0.25, 0.3) is 0 Å². The fourth-order valence-corrected chi connectivity index (χ4v) is 3.70. The second kappa shape index (κ2) is 12.4. The number of phenolic OH excluding ortho intramolecular Hbond substituents is 2. The monoisotopic (exact) mass is 494 g/mol. The molecule has 0 aliphatic carbocycles. The Morgan fingerprint density at radius 3 is 1.38 bits per heavy atom. The van der Waals surface area contributed by atoms with Crippen LogP contribution in [0.15, 0.2) is 94.9 Å². The third-order valence-corrected chi connectivity index (χ3v) is 5.57. The lowest BCUT2D eigenvalue weighted by Gasteiger charge is -2.06. The fraction of sp³-hybridized carbons (Fsp3) is 0.161. The number of phenols is 2. The Bertz CT molecular complexity index is 1270. The zero-order valence-corrected chi connectivity index (χ0v) is 21.0. The van der Waals surface area contributed by atoms with Gasteiger partial charge in [-0.25, -0.2) is 0 Å². The van der Waals surface area contributed by atoms with Gasteiger partial charge in [-0.2, -0.15) is 0 Å². The molecule has 0 saturated carbocycles. The van der Waals surface area contributed by atoms with E-state index in [-0.39, 0.29) is 11.5 Å². The molecule has 0 saturated heterocycles. The third kappa shape index (κ3) is 7.21. The SMILES string of the molecule is CCOc1cc(C=Nc2ccc(Cc3ccc(N=Cc4ccc(O)c(OCC)c4)cc3)cc2)ccc1O. The summed E-state index contributed by atoms with van der Waals surface area (Å²) in [5, 5.41) is 19.7. The van der Waals surface area contributed by atoms with Gasteiger partial charge in [-0.1, -0.05) is 24.3 Å². The van der Waals surface area contributed by atoms with Gasteiger partial charge >= 0.3 is 0 Å². The molecule has 0 atom stereocenters. The molecule has 0 radical (unpaired) electrons. The highest BCUT2D eigenvalue weighted by molar-refractivity contribution is 5.83. The summed E-state index contributed by atoms with van der Waals surface area (Å²) in [6.45, 7) is 4.73. The van der Waals surface area contributed by atoms with Gasteiger partial charge in [0, 0.05) is 12.4 Å². The van der Waals surface area contributed by atoms with Gasteiger partial charge < -0.3 is 19.7 Å². The topological polar surface area (TPSA) is 83.6 Å². The molecule has 4 rings (SSSR count). The van der Waals surface area contributed by atoms with Gasteiger partial charge in [0.05, 0.1) is 24.6 Å². The maximum atomic E-state index is 9.84. The first-order valence-corrected chi connectivity index (χ1v) is 12.2. The highest BCUT2D eigenvalue weighted by atomic mass is 16.5. The van der Waals surface area contributed by atoms with Crippen LogP contribution in [0.3, 0.4) is 0 Å². The first kappa shape index (κ1) is 25.5. The second-order valence-electron chi connectivity index (χ2n) is 8.35. The van der Waals surface area contributed by atoms with E-state index in [0.717, 1.165) is 28.9 Å². The first-order valence-electron chi connectivity index (χ1n) is 12.2. The number of hydrogen-bond acceptors (Lipinski definition) is 6. The number of aromatic hydroxyl groups is 2. The minimum absolute atomic E-state index is 0.122. The smallest absolute Gasteiger partial charge is 0.161 e. The molecule has 37 heavy (non-hydrogen) atoms.